The van der Waals surface area contributed by atoms with Gasteiger partial charge in [-0.25, -0.2) is 13.8 Å². The first kappa shape index (κ1) is 18.2. The van der Waals surface area contributed by atoms with Gasteiger partial charge in [0, 0.05) is 18.8 Å². The van der Waals surface area contributed by atoms with Crippen LogP contribution >= 0.6 is 0 Å². The Morgan fingerprint density at radius 2 is 2.04 bits per heavy atom. The smallest absolute Gasteiger partial charge is 0.326 e. The summed E-state index contributed by atoms with van der Waals surface area (Å²) in [4.78, 5) is 39.8. The van der Waals surface area contributed by atoms with Gasteiger partial charge in [-0.2, -0.15) is 5.10 Å². The number of carbonyl (C=O) groups is 2. The molecule has 0 unspecified atom stereocenters. The third-order valence-corrected chi connectivity index (χ3v) is 3.59. The topological polar surface area (TPSA) is 108 Å². The number of ether oxygens (including phenoxy) is 1. The van der Waals surface area contributed by atoms with Crippen molar-refractivity contribution in [2.75, 3.05) is 11.9 Å². The number of anilines is 1. The van der Waals surface area contributed by atoms with E-state index in [1.54, 1.807) is 7.05 Å². The average Bonchev–Trinajstić information content (AvgIpc) is 3.01. The molecule has 0 fully saturated rings. The van der Waals surface area contributed by atoms with Crippen LogP contribution in [0.3, 0.4) is 0 Å². The Kier molecular flexibility index (Phi) is 4.92. The third kappa shape index (κ3) is 3.97. The van der Waals surface area contributed by atoms with Crippen LogP contribution in [-0.4, -0.2) is 37.8 Å². The summed E-state index contributed by atoms with van der Waals surface area (Å²) in [6, 6.07) is 2.81. The zero-order valence-electron chi connectivity index (χ0n) is 14.0. The fourth-order valence-corrected chi connectivity index (χ4v) is 2.28. The normalized spacial score (nSPS) is 10.8. The summed E-state index contributed by atoms with van der Waals surface area (Å²) in [5, 5.41) is 6.40. The van der Waals surface area contributed by atoms with Gasteiger partial charge in [-0.05, 0) is 12.1 Å². The van der Waals surface area contributed by atoms with E-state index < -0.39 is 42.2 Å². The van der Waals surface area contributed by atoms with Crippen LogP contribution in [0.5, 0.6) is 0 Å². The van der Waals surface area contributed by atoms with Crippen LogP contribution in [0.25, 0.3) is 11.0 Å². The van der Waals surface area contributed by atoms with Gasteiger partial charge in [-0.3, -0.25) is 23.6 Å². The standard InChI is InChI=1S/C16H13F2N5O4/c1-22-15-10(5-20-22)16(26)23(8-19-15)6-14(25)27-7-13(24)21-9-2-3-11(17)12(18)4-9/h2-5,8H,6-7H2,1H3,(H,21,24). The summed E-state index contributed by atoms with van der Waals surface area (Å²) >= 11 is 0. The van der Waals surface area contributed by atoms with Crippen LogP contribution in [0.2, 0.25) is 0 Å². The summed E-state index contributed by atoms with van der Waals surface area (Å²) in [5.41, 5.74) is -0.0933. The van der Waals surface area contributed by atoms with E-state index in [1.807, 2.05) is 0 Å². The van der Waals surface area contributed by atoms with E-state index in [1.165, 1.54) is 17.2 Å². The van der Waals surface area contributed by atoms with Crippen molar-refractivity contribution in [1.82, 2.24) is 19.3 Å². The van der Waals surface area contributed by atoms with Gasteiger partial charge in [0.15, 0.2) is 23.9 Å². The molecule has 11 heteroatoms. The highest BCUT2D eigenvalue weighted by Crippen LogP contribution is 2.12. The first-order chi connectivity index (χ1) is 12.8. The van der Waals surface area contributed by atoms with E-state index >= 15 is 0 Å². The van der Waals surface area contributed by atoms with Crippen LogP contribution in [0.4, 0.5) is 14.5 Å². The first-order valence-corrected chi connectivity index (χ1v) is 7.63. The summed E-state index contributed by atoms with van der Waals surface area (Å²) in [6.07, 6.45) is 2.51. The molecule has 0 saturated heterocycles. The molecule has 1 aromatic carbocycles. The van der Waals surface area contributed by atoms with Crippen molar-refractivity contribution in [2.45, 2.75) is 6.54 Å². The number of hydrogen-bond donors (Lipinski definition) is 1. The molecule has 0 radical (unpaired) electrons. The van der Waals surface area contributed by atoms with E-state index in [4.69, 9.17) is 4.74 Å². The van der Waals surface area contributed by atoms with Crippen molar-refractivity contribution in [3.05, 3.63) is 52.7 Å². The number of fused-ring (bicyclic) bond motifs is 1. The molecule has 0 saturated carbocycles. The molecule has 2 heterocycles. The van der Waals surface area contributed by atoms with Gasteiger partial charge < -0.3 is 10.1 Å². The molecule has 0 atom stereocenters. The van der Waals surface area contributed by atoms with Crippen molar-refractivity contribution in [3.63, 3.8) is 0 Å². The van der Waals surface area contributed by atoms with E-state index in [-0.39, 0.29) is 11.1 Å². The number of esters is 1. The lowest BCUT2D eigenvalue weighted by Crippen LogP contribution is -2.28. The Morgan fingerprint density at radius 3 is 2.78 bits per heavy atom. The number of carbonyl (C=O) groups excluding carboxylic acids is 2. The van der Waals surface area contributed by atoms with Gasteiger partial charge in [-0.1, -0.05) is 0 Å². The molecule has 3 aromatic rings. The lowest BCUT2D eigenvalue weighted by atomic mass is 10.3. The maximum Gasteiger partial charge on any atom is 0.326 e. The molecular weight excluding hydrogens is 364 g/mol. The number of rotatable bonds is 5. The molecule has 3 rings (SSSR count). The summed E-state index contributed by atoms with van der Waals surface area (Å²) in [7, 11) is 1.62. The van der Waals surface area contributed by atoms with Crippen LogP contribution in [-0.2, 0) is 27.9 Å². The van der Waals surface area contributed by atoms with Crippen LogP contribution in [0, 0.1) is 11.6 Å². The summed E-state index contributed by atoms with van der Waals surface area (Å²) in [5.74, 6) is -3.77. The molecule has 140 valence electrons. The van der Waals surface area contributed by atoms with E-state index in [9.17, 15) is 23.2 Å². The first-order valence-electron chi connectivity index (χ1n) is 7.63. The molecule has 0 spiro atoms. The van der Waals surface area contributed by atoms with Gasteiger partial charge in [0.1, 0.15) is 18.3 Å². The molecule has 1 amide bonds. The second kappa shape index (κ2) is 7.32. The zero-order chi connectivity index (χ0) is 19.6. The Balaban J connectivity index is 1.58. The van der Waals surface area contributed by atoms with E-state index in [0.717, 1.165) is 22.8 Å². The quantitative estimate of drug-likeness (QED) is 0.652. The second-order valence-electron chi connectivity index (χ2n) is 5.52. The Morgan fingerprint density at radius 1 is 1.26 bits per heavy atom. The summed E-state index contributed by atoms with van der Waals surface area (Å²) < 4.78 is 33.1. The maximum absolute atomic E-state index is 13.1. The van der Waals surface area contributed by atoms with Crippen molar-refractivity contribution in [3.8, 4) is 0 Å². The zero-order valence-corrected chi connectivity index (χ0v) is 14.0. The summed E-state index contributed by atoms with van der Waals surface area (Å²) in [6.45, 7) is -1.11. The number of aromatic nitrogens is 4. The minimum atomic E-state index is -1.12. The molecule has 9 nitrogen and oxygen atoms in total. The monoisotopic (exact) mass is 377 g/mol. The predicted octanol–water partition coefficient (Wildman–Crippen LogP) is 0.590. The van der Waals surface area contributed by atoms with Crippen molar-refractivity contribution < 1.29 is 23.1 Å². The minimum absolute atomic E-state index is 0.0115. The molecule has 0 bridgehead atoms. The van der Waals surface area contributed by atoms with Crippen LogP contribution < -0.4 is 10.9 Å². The largest absolute Gasteiger partial charge is 0.454 e. The van der Waals surface area contributed by atoms with Gasteiger partial charge in [0.05, 0.1) is 6.20 Å². The van der Waals surface area contributed by atoms with Crippen LogP contribution in [0.1, 0.15) is 0 Å². The van der Waals surface area contributed by atoms with Crippen LogP contribution in [0.15, 0.2) is 35.5 Å². The highest BCUT2D eigenvalue weighted by molar-refractivity contribution is 5.92. The lowest BCUT2D eigenvalue weighted by Gasteiger charge is -2.08. The number of amides is 1. The average molecular weight is 377 g/mol. The Hall–Kier alpha value is -3.63. The number of nitrogens with one attached hydrogen (secondary N) is 1. The molecular formula is C16H13F2N5O4. The van der Waals surface area contributed by atoms with Gasteiger partial charge in [-0.15, -0.1) is 0 Å². The van der Waals surface area contributed by atoms with Gasteiger partial charge in [0.2, 0.25) is 0 Å². The van der Waals surface area contributed by atoms with Gasteiger partial charge in [0.25, 0.3) is 11.5 Å². The van der Waals surface area contributed by atoms with Crippen molar-refractivity contribution in [2.24, 2.45) is 7.05 Å². The molecule has 0 aliphatic rings. The second-order valence-corrected chi connectivity index (χ2v) is 5.52. The number of nitrogens with zero attached hydrogens (tertiary/aromatic N) is 4. The lowest BCUT2D eigenvalue weighted by molar-refractivity contribution is -0.147. The fourth-order valence-electron chi connectivity index (χ4n) is 2.28. The SMILES string of the molecule is Cn1ncc2c(=O)n(CC(=O)OCC(=O)Nc3ccc(F)c(F)c3)cnc21. The van der Waals surface area contributed by atoms with Gasteiger partial charge >= 0.3 is 5.97 Å². The number of halogens is 2. The molecule has 1 N–H and O–H groups in total. The molecule has 27 heavy (non-hydrogen) atoms. The maximum atomic E-state index is 13.1. The molecule has 2 aromatic heterocycles. The fraction of sp³-hybridized carbons (Fsp3) is 0.188. The van der Waals surface area contributed by atoms with E-state index in [0.29, 0.717) is 5.65 Å². The molecule has 0 aliphatic heterocycles. The van der Waals surface area contributed by atoms with E-state index in [2.05, 4.69) is 15.4 Å². The highest BCUT2D eigenvalue weighted by Gasteiger charge is 2.13. The predicted molar refractivity (Wildman–Crippen MR) is 88.7 cm³/mol. The number of aryl methyl sites for hydroxylation is 1. The van der Waals surface area contributed by atoms with Crippen molar-refractivity contribution in [1.29, 1.82) is 0 Å². The molecule has 0 aliphatic carbocycles. The highest BCUT2D eigenvalue weighted by atomic mass is 19.2. The minimum Gasteiger partial charge on any atom is -0.454 e. The Bertz CT molecular complexity index is 1090. The number of hydrogen-bond acceptors (Lipinski definition) is 6. The third-order valence-electron chi connectivity index (χ3n) is 3.59. The van der Waals surface area contributed by atoms with Crippen molar-refractivity contribution >= 4 is 28.6 Å². The number of benzene rings is 1. The Labute approximate surface area is 150 Å².